The molecule has 6 nitrogen and oxygen atoms in total. The number of nitrogens with one attached hydrogen (secondary N) is 1. The van der Waals surface area contributed by atoms with Crippen molar-refractivity contribution in [2.24, 2.45) is 0 Å². The molecular formula is C23H26FN3O3. The number of amides is 4. The number of carbonyl (C=O) groups is 3. The summed E-state index contributed by atoms with van der Waals surface area (Å²) >= 11 is 0. The Hall–Kier alpha value is -3.22. The average molecular weight is 411 g/mol. The average Bonchev–Trinajstić information content (AvgIpc) is 2.93. The van der Waals surface area contributed by atoms with Gasteiger partial charge in [-0.15, -0.1) is 0 Å². The molecule has 1 unspecified atom stereocenters. The number of rotatable bonds is 6. The smallest absolute Gasteiger partial charge is 0.325 e. The van der Waals surface area contributed by atoms with Gasteiger partial charge in [-0.2, -0.15) is 0 Å². The van der Waals surface area contributed by atoms with E-state index in [-0.39, 0.29) is 24.8 Å². The third kappa shape index (κ3) is 4.20. The molecule has 1 saturated heterocycles. The first-order valence-electron chi connectivity index (χ1n) is 9.85. The molecule has 1 atom stereocenters. The lowest BCUT2D eigenvalue weighted by Crippen LogP contribution is -2.43. The summed E-state index contributed by atoms with van der Waals surface area (Å²) in [6, 6.07) is 12.8. The number of carbonyl (C=O) groups excluding carboxylic acids is 3. The van der Waals surface area contributed by atoms with Crippen molar-refractivity contribution in [3.8, 4) is 0 Å². The lowest BCUT2D eigenvalue weighted by molar-refractivity contribution is -0.138. The molecule has 1 N–H and O–H groups in total. The number of hydrogen-bond donors (Lipinski definition) is 1. The van der Waals surface area contributed by atoms with Crippen LogP contribution < -0.4 is 5.32 Å². The van der Waals surface area contributed by atoms with Crippen molar-refractivity contribution in [2.45, 2.75) is 38.8 Å². The third-order valence-electron chi connectivity index (χ3n) is 5.48. The van der Waals surface area contributed by atoms with Gasteiger partial charge in [0.25, 0.3) is 5.91 Å². The fourth-order valence-electron chi connectivity index (χ4n) is 3.45. The van der Waals surface area contributed by atoms with E-state index in [2.05, 4.69) is 19.2 Å². The van der Waals surface area contributed by atoms with E-state index in [0.29, 0.717) is 11.5 Å². The minimum absolute atomic E-state index is 0.247. The Morgan fingerprint density at radius 3 is 2.27 bits per heavy atom. The van der Waals surface area contributed by atoms with Crippen LogP contribution in [-0.4, -0.2) is 41.2 Å². The second-order valence-corrected chi connectivity index (χ2v) is 8.10. The van der Waals surface area contributed by atoms with Crippen LogP contribution in [0, 0.1) is 5.82 Å². The van der Waals surface area contributed by atoms with Gasteiger partial charge < -0.3 is 10.2 Å². The molecule has 0 spiro atoms. The van der Waals surface area contributed by atoms with Crippen molar-refractivity contribution in [1.82, 2.24) is 15.1 Å². The first-order chi connectivity index (χ1) is 14.1. The highest BCUT2D eigenvalue weighted by molar-refractivity contribution is 6.09. The number of urea groups is 1. The van der Waals surface area contributed by atoms with Gasteiger partial charge >= 0.3 is 6.03 Å². The zero-order chi connectivity index (χ0) is 22.1. The number of imide groups is 1. The van der Waals surface area contributed by atoms with Gasteiger partial charge in [-0.1, -0.05) is 50.2 Å². The molecule has 0 radical (unpaired) electrons. The molecule has 4 amide bonds. The van der Waals surface area contributed by atoms with E-state index in [1.54, 1.807) is 26.1 Å². The molecule has 1 aliphatic rings. The van der Waals surface area contributed by atoms with E-state index in [0.717, 1.165) is 16.0 Å². The predicted octanol–water partition coefficient (Wildman–Crippen LogP) is 3.37. The first kappa shape index (κ1) is 21.5. The van der Waals surface area contributed by atoms with Crippen LogP contribution in [0.25, 0.3) is 0 Å². The second kappa shape index (κ2) is 8.26. The van der Waals surface area contributed by atoms with Crippen LogP contribution in [0.5, 0.6) is 0 Å². The number of benzene rings is 2. The standard InChI is InChI=1S/C23H26FN3O3/c1-15(2)17-7-9-18(10-8-17)23(3)21(29)27(22(30)25-23)14-20(28)26(4)13-16-5-11-19(24)12-6-16/h5-12,15H,13-14H2,1-4H3,(H,25,30). The van der Waals surface area contributed by atoms with Crippen molar-refractivity contribution < 1.29 is 18.8 Å². The largest absolute Gasteiger partial charge is 0.340 e. The van der Waals surface area contributed by atoms with Gasteiger partial charge in [-0.3, -0.25) is 14.5 Å². The van der Waals surface area contributed by atoms with E-state index in [9.17, 15) is 18.8 Å². The molecular weight excluding hydrogens is 385 g/mol. The normalized spacial score (nSPS) is 18.7. The number of likely N-dealkylation sites (N-methyl/N-ethyl adjacent to an activating group) is 1. The minimum Gasteiger partial charge on any atom is -0.340 e. The lowest BCUT2D eigenvalue weighted by Gasteiger charge is -2.24. The summed E-state index contributed by atoms with van der Waals surface area (Å²) in [7, 11) is 1.58. The molecule has 30 heavy (non-hydrogen) atoms. The Labute approximate surface area is 175 Å². The zero-order valence-corrected chi connectivity index (χ0v) is 17.6. The van der Waals surface area contributed by atoms with E-state index in [1.165, 1.54) is 17.0 Å². The Kier molecular flexibility index (Phi) is 5.92. The molecule has 3 rings (SSSR count). The molecule has 0 aromatic heterocycles. The molecule has 0 aliphatic carbocycles. The summed E-state index contributed by atoms with van der Waals surface area (Å²) in [6.07, 6.45) is 0. The van der Waals surface area contributed by atoms with Crippen LogP contribution in [0.2, 0.25) is 0 Å². The van der Waals surface area contributed by atoms with Crippen molar-refractivity contribution in [3.63, 3.8) is 0 Å². The van der Waals surface area contributed by atoms with E-state index < -0.39 is 17.5 Å². The Morgan fingerprint density at radius 1 is 1.10 bits per heavy atom. The maximum Gasteiger partial charge on any atom is 0.325 e. The summed E-state index contributed by atoms with van der Waals surface area (Å²) in [6.45, 7) is 5.69. The Bertz CT molecular complexity index is 957. The van der Waals surface area contributed by atoms with Crippen LogP contribution in [0.1, 0.15) is 43.4 Å². The van der Waals surface area contributed by atoms with Gasteiger partial charge in [0.1, 0.15) is 17.9 Å². The number of hydrogen-bond acceptors (Lipinski definition) is 3. The van der Waals surface area contributed by atoms with Gasteiger partial charge in [0.15, 0.2) is 0 Å². The van der Waals surface area contributed by atoms with E-state index in [4.69, 9.17) is 0 Å². The van der Waals surface area contributed by atoms with Gasteiger partial charge in [-0.05, 0) is 41.7 Å². The van der Waals surface area contributed by atoms with Crippen molar-refractivity contribution in [3.05, 3.63) is 71.0 Å². The van der Waals surface area contributed by atoms with Crippen LogP contribution in [0.4, 0.5) is 9.18 Å². The summed E-state index contributed by atoms with van der Waals surface area (Å²) in [4.78, 5) is 40.5. The van der Waals surface area contributed by atoms with Crippen molar-refractivity contribution in [1.29, 1.82) is 0 Å². The fourth-order valence-corrected chi connectivity index (χ4v) is 3.45. The molecule has 0 bridgehead atoms. The molecule has 2 aromatic rings. The maximum absolute atomic E-state index is 13.0. The van der Waals surface area contributed by atoms with Crippen molar-refractivity contribution in [2.75, 3.05) is 13.6 Å². The van der Waals surface area contributed by atoms with E-state index in [1.807, 2.05) is 24.3 Å². The zero-order valence-electron chi connectivity index (χ0n) is 17.6. The number of halogens is 1. The van der Waals surface area contributed by atoms with Gasteiger partial charge in [0, 0.05) is 13.6 Å². The summed E-state index contributed by atoms with van der Waals surface area (Å²) in [5.41, 5.74) is 1.33. The predicted molar refractivity (Wildman–Crippen MR) is 111 cm³/mol. The molecule has 7 heteroatoms. The maximum atomic E-state index is 13.0. The highest BCUT2D eigenvalue weighted by atomic mass is 19.1. The molecule has 1 fully saturated rings. The molecule has 2 aromatic carbocycles. The number of nitrogens with zero attached hydrogens (tertiary/aromatic N) is 2. The van der Waals surface area contributed by atoms with Crippen LogP contribution in [0.3, 0.4) is 0 Å². The third-order valence-corrected chi connectivity index (χ3v) is 5.48. The second-order valence-electron chi connectivity index (χ2n) is 8.10. The highest BCUT2D eigenvalue weighted by Gasteiger charge is 2.49. The van der Waals surface area contributed by atoms with Gasteiger partial charge in [-0.25, -0.2) is 9.18 Å². The minimum atomic E-state index is -1.22. The Balaban J connectivity index is 1.70. The topological polar surface area (TPSA) is 69.7 Å². The molecule has 1 aliphatic heterocycles. The van der Waals surface area contributed by atoms with E-state index >= 15 is 0 Å². The Morgan fingerprint density at radius 2 is 1.70 bits per heavy atom. The first-order valence-corrected chi connectivity index (χ1v) is 9.85. The monoisotopic (exact) mass is 411 g/mol. The van der Waals surface area contributed by atoms with Crippen LogP contribution in [-0.2, 0) is 21.7 Å². The SMILES string of the molecule is CC(C)c1ccc(C2(C)NC(=O)N(CC(=O)N(C)Cc3ccc(F)cc3)C2=O)cc1. The molecule has 158 valence electrons. The van der Waals surface area contributed by atoms with Crippen molar-refractivity contribution >= 4 is 17.8 Å². The molecule has 0 saturated carbocycles. The van der Waals surface area contributed by atoms with Gasteiger partial charge in [0.2, 0.25) is 5.91 Å². The van der Waals surface area contributed by atoms with Crippen LogP contribution >= 0.6 is 0 Å². The summed E-state index contributed by atoms with van der Waals surface area (Å²) in [5.74, 6) is -0.852. The fraction of sp³-hybridized carbons (Fsp3) is 0.348. The van der Waals surface area contributed by atoms with Gasteiger partial charge in [0.05, 0.1) is 0 Å². The lowest BCUT2D eigenvalue weighted by atomic mass is 9.90. The summed E-state index contributed by atoms with van der Waals surface area (Å²) < 4.78 is 13.0. The van der Waals surface area contributed by atoms with Crippen LogP contribution in [0.15, 0.2) is 48.5 Å². The quantitative estimate of drug-likeness (QED) is 0.741. The molecule has 1 heterocycles. The highest BCUT2D eigenvalue weighted by Crippen LogP contribution is 2.30. The summed E-state index contributed by atoms with van der Waals surface area (Å²) in [5, 5.41) is 2.72.